The van der Waals surface area contributed by atoms with Gasteiger partial charge in [0.05, 0.1) is 13.1 Å². The largest absolute Gasteiger partial charge is 0.341 e. The molecule has 0 amide bonds. The van der Waals surface area contributed by atoms with Crippen molar-refractivity contribution in [3.63, 3.8) is 0 Å². The van der Waals surface area contributed by atoms with Crippen LogP contribution in [-0.4, -0.2) is 44.9 Å². The molecule has 1 N–H and O–H groups in total. The summed E-state index contributed by atoms with van der Waals surface area (Å²) < 4.78 is 6.22. The van der Waals surface area contributed by atoms with Crippen molar-refractivity contribution in [2.24, 2.45) is 0 Å². The molecule has 1 saturated heterocycles. The Morgan fingerprint density at radius 2 is 1.69 bits per heavy atom. The number of aromatic nitrogens is 4. The van der Waals surface area contributed by atoms with Crippen molar-refractivity contribution < 1.29 is 0 Å². The zero-order chi connectivity index (χ0) is 25.1. The molecule has 8 nitrogen and oxygen atoms in total. The van der Waals surface area contributed by atoms with Gasteiger partial charge in [-0.3, -0.25) is 18.5 Å². The number of benzene rings is 2. The molecule has 0 unspecified atom stereocenters. The summed E-state index contributed by atoms with van der Waals surface area (Å²) >= 11 is 2.34. The lowest BCUT2D eigenvalue weighted by Gasteiger charge is -2.22. The minimum atomic E-state index is -0.304. The van der Waals surface area contributed by atoms with Crippen molar-refractivity contribution in [1.82, 2.24) is 24.0 Å². The van der Waals surface area contributed by atoms with Gasteiger partial charge in [0.25, 0.3) is 5.56 Å². The van der Waals surface area contributed by atoms with Crippen molar-refractivity contribution in [2.45, 2.75) is 39.4 Å². The average Bonchev–Trinajstić information content (AvgIpc) is 3.06. The molecule has 188 valence electrons. The highest BCUT2D eigenvalue weighted by Gasteiger charge is 2.25. The van der Waals surface area contributed by atoms with Crippen LogP contribution in [0.2, 0.25) is 0 Å². The predicted octanol–water partition coefficient (Wildman–Crippen LogP) is 3.27. The van der Waals surface area contributed by atoms with Gasteiger partial charge in [-0.2, -0.15) is 4.98 Å². The van der Waals surface area contributed by atoms with Gasteiger partial charge < -0.3 is 10.2 Å². The molecule has 0 radical (unpaired) electrons. The molecule has 0 atom stereocenters. The first-order valence-corrected chi connectivity index (χ1v) is 13.6. The molecule has 3 heterocycles. The van der Waals surface area contributed by atoms with Crippen molar-refractivity contribution in [3.8, 4) is 0 Å². The van der Waals surface area contributed by atoms with Crippen LogP contribution >= 0.6 is 22.6 Å². The number of anilines is 1. The first-order valence-electron chi connectivity index (χ1n) is 12.6. The number of fused-ring (bicyclic) bond motifs is 1. The smallest absolute Gasteiger partial charge is 0.333 e. The molecule has 9 heteroatoms. The first-order chi connectivity index (χ1) is 17.6. The van der Waals surface area contributed by atoms with E-state index >= 15 is 0 Å². The van der Waals surface area contributed by atoms with Gasteiger partial charge in [-0.1, -0.05) is 55.5 Å². The predicted molar refractivity (Wildman–Crippen MR) is 152 cm³/mol. The van der Waals surface area contributed by atoms with Crippen LogP contribution in [0.5, 0.6) is 0 Å². The maximum Gasteiger partial charge on any atom is 0.333 e. The van der Waals surface area contributed by atoms with Gasteiger partial charge in [0.1, 0.15) is 0 Å². The second kappa shape index (κ2) is 11.0. The Bertz CT molecular complexity index is 1470. The summed E-state index contributed by atoms with van der Waals surface area (Å²) in [6, 6.07) is 18.1. The van der Waals surface area contributed by atoms with Crippen LogP contribution in [0.4, 0.5) is 5.95 Å². The molecule has 0 bridgehead atoms. The monoisotopic (exact) mass is 598 g/mol. The summed E-state index contributed by atoms with van der Waals surface area (Å²) in [5.41, 5.74) is 2.49. The van der Waals surface area contributed by atoms with Gasteiger partial charge in [-0.05, 0) is 59.2 Å². The van der Waals surface area contributed by atoms with Crippen LogP contribution in [0.15, 0.2) is 64.2 Å². The maximum absolute atomic E-state index is 13.9. The zero-order valence-corrected chi connectivity index (χ0v) is 22.6. The molecule has 0 aliphatic carbocycles. The molecule has 0 spiro atoms. The zero-order valence-electron chi connectivity index (χ0n) is 20.5. The summed E-state index contributed by atoms with van der Waals surface area (Å²) in [5.74, 6) is 0.751. The van der Waals surface area contributed by atoms with E-state index in [2.05, 4.69) is 44.9 Å². The van der Waals surface area contributed by atoms with E-state index in [-0.39, 0.29) is 11.2 Å². The third-order valence-corrected chi connectivity index (χ3v) is 7.69. The molecule has 36 heavy (non-hydrogen) atoms. The van der Waals surface area contributed by atoms with Gasteiger partial charge in [0.15, 0.2) is 11.2 Å². The fourth-order valence-electron chi connectivity index (χ4n) is 4.84. The van der Waals surface area contributed by atoms with Crippen LogP contribution in [0, 0.1) is 3.57 Å². The number of rotatable bonds is 7. The van der Waals surface area contributed by atoms with Gasteiger partial charge in [-0.15, -0.1) is 0 Å². The fraction of sp³-hybridized carbons (Fsp3) is 0.370. The second-order valence-corrected chi connectivity index (χ2v) is 10.3. The molecule has 2 aromatic carbocycles. The second-order valence-electron chi connectivity index (χ2n) is 9.16. The van der Waals surface area contributed by atoms with Crippen LogP contribution in [0.3, 0.4) is 0 Å². The van der Waals surface area contributed by atoms with E-state index in [4.69, 9.17) is 4.98 Å². The number of imidazole rings is 1. The van der Waals surface area contributed by atoms with Gasteiger partial charge in [0.2, 0.25) is 5.95 Å². The number of nitrogens with zero attached hydrogens (tertiary/aromatic N) is 5. The molecular weight excluding hydrogens is 567 g/mol. The standard InChI is InChI=1S/C27H31IN6O2/c1-2-15-32-25(35)23-24(34(27(32)36)18-20-9-4-3-5-10-20)30-26(31-16-8-13-29-14-17-31)33(23)19-21-11-6-7-12-22(21)28/h3-7,9-12,29H,2,8,13-19H2,1H3. The molecule has 0 saturated carbocycles. The number of hydrogen-bond donors (Lipinski definition) is 1. The highest BCUT2D eigenvalue weighted by Crippen LogP contribution is 2.24. The number of nitrogens with one attached hydrogen (secondary N) is 1. The van der Waals surface area contributed by atoms with Gasteiger partial charge in [0, 0.05) is 29.7 Å². The van der Waals surface area contributed by atoms with Crippen molar-refractivity contribution >= 4 is 39.7 Å². The van der Waals surface area contributed by atoms with Crippen molar-refractivity contribution in [1.29, 1.82) is 0 Å². The summed E-state index contributed by atoms with van der Waals surface area (Å²) in [5, 5.41) is 3.45. The minimum Gasteiger partial charge on any atom is -0.341 e. The minimum absolute atomic E-state index is 0.265. The SMILES string of the molecule is CCCn1c(=O)c2c(nc(N3CCCNCC3)n2Cc2ccccc2I)n(Cc2ccccc2)c1=O. The molecule has 4 aromatic rings. The van der Waals surface area contributed by atoms with Crippen LogP contribution in [-0.2, 0) is 19.6 Å². The number of halogens is 1. The molecular formula is C27H31IN6O2. The highest BCUT2D eigenvalue weighted by molar-refractivity contribution is 14.1. The topological polar surface area (TPSA) is 77.1 Å². The lowest BCUT2D eigenvalue weighted by Crippen LogP contribution is -2.41. The Kier molecular flexibility index (Phi) is 7.56. The van der Waals surface area contributed by atoms with E-state index in [0.29, 0.717) is 37.2 Å². The van der Waals surface area contributed by atoms with Crippen LogP contribution < -0.4 is 21.5 Å². The van der Waals surface area contributed by atoms with E-state index in [9.17, 15) is 9.59 Å². The Morgan fingerprint density at radius 3 is 2.47 bits per heavy atom. The lowest BCUT2D eigenvalue weighted by atomic mass is 10.2. The molecule has 5 rings (SSSR count). The average molecular weight is 598 g/mol. The maximum atomic E-state index is 13.9. The summed E-state index contributed by atoms with van der Waals surface area (Å²) in [6.45, 7) is 6.67. The fourth-order valence-corrected chi connectivity index (χ4v) is 5.40. The van der Waals surface area contributed by atoms with Crippen molar-refractivity contribution in [2.75, 3.05) is 31.1 Å². The Labute approximate surface area is 223 Å². The molecule has 1 fully saturated rings. The molecule has 2 aromatic heterocycles. The third kappa shape index (κ3) is 4.86. The van der Waals surface area contributed by atoms with E-state index in [1.165, 1.54) is 4.57 Å². The summed E-state index contributed by atoms with van der Waals surface area (Å²) in [4.78, 5) is 34.8. The molecule has 1 aliphatic rings. The third-order valence-electron chi connectivity index (χ3n) is 6.63. The van der Waals surface area contributed by atoms with E-state index in [1.54, 1.807) is 4.57 Å². The highest BCUT2D eigenvalue weighted by atomic mass is 127. The Morgan fingerprint density at radius 1 is 0.917 bits per heavy atom. The van der Waals surface area contributed by atoms with Crippen LogP contribution in [0.25, 0.3) is 11.2 Å². The Hall–Kier alpha value is -2.92. The van der Waals surface area contributed by atoms with E-state index < -0.39 is 0 Å². The van der Waals surface area contributed by atoms with E-state index in [1.807, 2.05) is 54.0 Å². The Balaban J connectivity index is 1.78. The quantitative estimate of drug-likeness (QED) is 0.331. The van der Waals surface area contributed by atoms with Crippen molar-refractivity contribution in [3.05, 3.63) is 90.1 Å². The number of hydrogen-bond acceptors (Lipinski definition) is 5. The first kappa shape index (κ1) is 24.8. The van der Waals surface area contributed by atoms with E-state index in [0.717, 1.165) is 53.2 Å². The molecule has 1 aliphatic heterocycles. The lowest BCUT2D eigenvalue weighted by molar-refractivity contribution is 0.577. The van der Waals surface area contributed by atoms with Gasteiger partial charge in [-0.25, -0.2) is 4.79 Å². The summed E-state index contributed by atoms with van der Waals surface area (Å²) in [6.07, 6.45) is 1.68. The normalized spacial score (nSPS) is 14.3. The summed E-state index contributed by atoms with van der Waals surface area (Å²) in [7, 11) is 0. The van der Waals surface area contributed by atoms with Gasteiger partial charge >= 0.3 is 5.69 Å². The van der Waals surface area contributed by atoms with Crippen LogP contribution in [0.1, 0.15) is 30.9 Å².